The summed E-state index contributed by atoms with van der Waals surface area (Å²) in [5.41, 5.74) is 0.529. The fourth-order valence-electron chi connectivity index (χ4n) is 1.65. The van der Waals surface area contributed by atoms with Gasteiger partial charge in [-0.05, 0) is 42.5 Å². The minimum absolute atomic E-state index is 0.0256. The van der Waals surface area contributed by atoms with Crippen molar-refractivity contribution in [1.29, 1.82) is 0 Å². The van der Waals surface area contributed by atoms with Gasteiger partial charge in [0.1, 0.15) is 10.6 Å². The van der Waals surface area contributed by atoms with Crippen LogP contribution in [-0.4, -0.2) is 14.3 Å². The van der Waals surface area contributed by atoms with Gasteiger partial charge < -0.3 is 9.50 Å². The predicted octanol–water partition coefficient (Wildman–Crippen LogP) is 3.72. The molecule has 0 unspecified atom stereocenters. The zero-order valence-corrected chi connectivity index (χ0v) is 13.7. The normalized spacial score (nSPS) is 11.0. The molecule has 0 aliphatic carbocycles. The Morgan fingerprint density at radius 1 is 1.09 bits per heavy atom. The lowest BCUT2D eigenvalue weighted by molar-refractivity contribution is -0.114. The van der Waals surface area contributed by atoms with Crippen LogP contribution < -0.4 is 9.50 Å². The summed E-state index contributed by atoms with van der Waals surface area (Å²) >= 11 is 11.6. The van der Waals surface area contributed by atoms with Crippen LogP contribution in [0.25, 0.3) is 0 Å². The van der Waals surface area contributed by atoms with E-state index in [9.17, 15) is 13.2 Å². The van der Waals surface area contributed by atoms with E-state index in [4.69, 9.17) is 27.4 Å². The molecular formula is C14H11Cl2NO4S. The van der Waals surface area contributed by atoms with Crippen molar-refractivity contribution in [2.75, 3.05) is 5.32 Å². The van der Waals surface area contributed by atoms with Gasteiger partial charge in [-0.1, -0.05) is 23.2 Å². The summed E-state index contributed by atoms with van der Waals surface area (Å²) in [6.07, 6.45) is 0. The lowest BCUT2D eigenvalue weighted by Gasteiger charge is -2.09. The highest BCUT2D eigenvalue weighted by atomic mass is 35.5. The van der Waals surface area contributed by atoms with Crippen molar-refractivity contribution in [2.24, 2.45) is 0 Å². The van der Waals surface area contributed by atoms with Crippen LogP contribution in [0.2, 0.25) is 10.0 Å². The summed E-state index contributed by atoms with van der Waals surface area (Å²) in [6, 6.07) is 9.89. The maximum Gasteiger partial charge on any atom is 0.340 e. The van der Waals surface area contributed by atoms with Gasteiger partial charge in [-0.2, -0.15) is 8.42 Å². The number of benzene rings is 2. The van der Waals surface area contributed by atoms with Crippen molar-refractivity contribution < 1.29 is 17.4 Å². The first kappa shape index (κ1) is 16.6. The van der Waals surface area contributed by atoms with Crippen molar-refractivity contribution in [3.05, 3.63) is 52.5 Å². The maximum absolute atomic E-state index is 12.2. The first-order valence-electron chi connectivity index (χ1n) is 6.05. The lowest BCUT2D eigenvalue weighted by Crippen LogP contribution is -2.10. The quantitative estimate of drug-likeness (QED) is 0.844. The van der Waals surface area contributed by atoms with Gasteiger partial charge in [0, 0.05) is 17.6 Å². The van der Waals surface area contributed by atoms with Gasteiger partial charge >= 0.3 is 10.1 Å². The van der Waals surface area contributed by atoms with Crippen molar-refractivity contribution in [2.45, 2.75) is 11.8 Å². The van der Waals surface area contributed by atoms with Crippen molar-refractivity contribution in [3.63, 3.8) is 0 Å². The Morgan fingerprint density at radius 3 is 2.27 bits per heavy atom. The van der Waals surface area contributed by atoms with E-state index in [1.807, 2.05) is 0 Å². The zero-order valence-electron chi connectivity index (χ0n) is 11.3. The summed E-state index contributed by atoms with van der Waals surface area (Å²) in [5.74, 6) is -0.130. The third-order valence-corrected chi connectivity index (χ3v) is 4.51. The molecule has 2 aromatic carbocycles. The molecule has 2 rings (SSSR count). The van der Waals surface area contributed by atoms with Crippen LogP contribution >= 0.6 is 23.2 Å². The molecule has 0 aliphatic rings. The van der Waals surface area contributed by atoms with Crippen LogP contribution in [0.15, 0.2) is 47.4 Å². The highest BCUT2D eigenvalue weighted by Gasteiger charge is 2.20. The molecule has 0 aliphatic heterocycles. The number of anilines is 1. The highest BCUT2D eigenvalue weighted by molar-refractivity contribution is 7.87. The van der Waals surface area contributed by atoms with E-state index in [-0.39, 0.29) is 21.6 Å². The Morgan fingerprint density at radius 2 is 1.73 bits per heavy atom. The molecule has 22 heavy (non-hydrogen) atoms. The van der Waals surface area contributed by atoms with Gasteiger partial charge in [0.05, 0.1) is 5.02 Å². The Bertz CT molecular complexity index is 804. The van der Waals surface area contributed by atoms with Gasteiger partial charge in [-0.3, -0.25) is 4.79 Å². The summed E-state index contributed by atoms with van der Waals surface area (Å²) < 4.78 is 29.4. The van der Waals surface area contributed by atoms with E-state index in [0.29, 0.717) is 10.7 Å². The SMILES string of the molecule is CC(=O)Nc1ccc(OS(=O)(=O)c2ccc(Cl)cc2Cl)cc1. The number of rotatable bonds is 4. The molecule has 8 heteroatoms. The number of halogens is 2. The molecule has 0 radical (unpaired) electrons. The second-order valence-corrected chi connectivity index (χ2v) is 6.68. The third-order valence-electron chi connectivity index (χ3n) is 2.54. The smallest absolute Gasteiger partial charge is 0.340 e. The molecule has 116 valence electrons. The monoisotopic (exact) mass is 359 g/mol. The molecule has 1 amide bonds. The van der Waals surface area contributed by atoms with E-state index in [1.165, 1.54) is 49.4 Å². The summed E-state index contributed by atoms with van der Waals surface area (Å²) in [5, 5.41) is 2.86. The van der Waals surface area contributed by atoms with E-state index in [2.05, 4.69) is 5.32 Å². The molecule has 0 bridgehead atoms. The average Bonchev–Trinajstić information content (AvgIpc) is 2.39. The molecule has 0 fully saturated rings. The van der Waals surface area contributed by atoms with Crippen molar-refractivity contribution in [1.82, 2.24) is 0 Å². The van der Waals surface area contributed by atoms with E-state index in [0.717, 1.165) is 0 Å². The molecule has 2 aromatic rings. The van der Waals surface area contributed by atoms with Gasteiger partial charge in [-0.25, -0.2) is 0 Å². The molecule has 0 saturated carbocycles. The largest absolute Gasteiger partial charge is 0.379 e. The Balaban J connectivity index is 2.23. The predicted molar refractivity (Wildman–Crippen MR) is 85.0 cm³/mol. The molecule has 1 N–H and O–H groups in total. The second kappa shape index (κ2) is 6.56. The lowest BCUT2D eigenvalue weighted by atomic mass is 10.3. The van der Waals surface area contributed by atoms with E-state index < -0.39 is 10.1 Å². The number of hydrogen-bond acceptors (Lipinski definition) is 4. The first-order chi connectivity index (χ1) is 10.3. The number of carbonyl (C=O) groups excluding carboxylic acids is 1. The Kier molecular flexibility index (Phi) is 4.95. The highest BCUT2D eigenvalue weighted by Crippen LogP contribution is 2.28. The number of nitrogens with one attached hydrogen (secondary N) is 1. The third kappa shape index (κ3) is 4.13. The van der Waals surface area contributed by atoms with Crippen LogP contribution in [0, 0.1) is 0 Å². The average molecular weight is 360 g/mol. The van der Waals surface area contributed by atoms with Crippen LogP contribution in [-0.2, 0) is 14.9 Å². The Hall–Kier alpha value is -1.76. The fraction of sp³-hybridized carbons (Fsp3) is 0.0714. The topological polar surface area (TPSA) is 72.5 Å². The molecule has 0 heterocycles. The van der Waals surface area contributed by atoms with Gasteiger partial charge in [-0.15, -0.1) is 0 Å². The summed E-state index contributed by atoms with van der Waals surface area (Å²) in [6.45, 7) is 1.37. The Labute approximate surface area is 137 Å². The van der Waals surface area contributed by atoms with Crippen LogP contribution in [0.1, 0.15) is 6.92 Å². The minimum Gasteiger partial charge on any atom is -0.379 e. The van der Waals surface area contributed by atoms with Crippen molar-refractivity contribution >= 4 is 44.9 Å². The fourth-order valence-corrected chi connectivity index (χ4v) is 3.33. The summed E-state index contributed by atoms with van der Waals surface area (Å²) in [7, 11) is -4.07. The first-order valence-corrected chi connectivity index (χ1v) is 8.21. The number of carbonyl (C=O) groups is 1. The van der Waals surface area contributed by atoms with Crippen LogP contribution in [0.5, 0.6) is 5.75 Å². The zero-order chi connectivity index (χ0) is 16.3. The maximum atomic E-state index is 12.2. The minimum atomic E-state index is -4.07. The van der Waals surface area contributed by atoms with Crippen molar-refractivity contribution in [3.8, 4) is 5.75 Å². The van der Waals surface area contributed by atoms with Gasteiger partial charge in [0.15, 0.2) is 0 Å². The standard InChI is InChI=1S/C14H11Cl2NO4S/c1-9(18)17-11-3-5-12(6-4-11)21-22(19,20)14-7-2-10(15)8-13(14)16/h2-8H,1H3,(H,17,18). The van der Waals surface area contributed by atoms with Crippen LogP contribution in [0.3, 0.4) is 0 Å². The van der Waals surface area contributed by atoms with Crippen LogP contribution in [0.4, 0.5) is 5.69 Å². The molecule has 5 nitrogen and oxygen atoms in total. The van der Waals surface area contributed by atoms with E-state index in [1.54, 1.807) is 0 Å². The van der Waals surface area contributed by atoms with E-state index >= 15 is 0 Å². The number of hydrogen-bond donors (Lipinski definition) is 1. The second-order valence-electron chi connectivity index (χ2n) is 4.32. The molecular weight excluding hydrogens is 349 g/mol. The summed E-state index contributed by atoms with van der Waals surface area (Å²) in [4.78, 5) is 10.7. The van der Waals surface area contributed by atoms with Gasteiger partial charge in [0.2, 0.25) is 5.91 Å². The van der Waals surface area contributed by atoms with Gasteiger partial charge in [0.25, 0.3) is 0 Å². The molecule has 0 atom stereocenters. The molecule has 0 saturated heterocycles. The molecule has 0 spiro atoms. The molecule has 0 aromatic heterocycles. The number of amides is 1.